The normalized spacial score (nSPS) is 20.8. The Balaban J connectivity index is 1.46. The van der Waals surface area contributed by atoms with Gasteiger partial charge in [-0.3, -0.25) is 4.79 Å². The molecule has 2 fully saturated rings. The molecule has 0 atom stereocenters. The fourth-order valence-corrected chi connectivity index (χ4v) is 5.36. The van der Waals surface area contributed by atoms with Gasteiger partial charge in [0.2, 0.25) is 5.91 Å². The van der Waals surface area contributed by atoms with Crippen molar-refractivity contribution < 1.29 is 4.79 Å². The monoisotopic (exact) mass is 346 g/mol. The lowest BCUT2D eigenvalue weighted by Crippen LogP contribution is -2.38. The molecule has 0 bridgehead atoms. The lowest BCUT2D eigenvalue weighted by Gasteiger charge is -2.29. The number of hydrogen-bond acceptors (Lipinski definition) is 3. The van der Waals surface area contributed by atoms with Gasteiger partial charge < -0.3 is 10.6 Å². The second-order valence-corrected chi connectivity index (χ2v) is 8.86. The molecule has 2 N–H and O–H groups in total. The van der Waals surface area contributed by atoms with Gasteiger partial charge in [0.05, 0.1) is 0 Å². The van der Waals surface area contributed by atoms with Crippen molar-refractivity contribution in [1.82, 2.24) is 10.6 Å². The molecule has 0 spiro atoms. The van der Waals surface area contributed by atoms with Gasteiger partial charge in [-0.1, -0.05) is 31.0 Å². The zero-order valence-electron chi connectivity index (χ0n) is 14.6. The summed E-state index contributed by atoms with van der Waals surface area (Å²) in [6.45, 7) is 3.05. The second-order valence-electron chi connectivity index (χ2n) is 7.31. The molecule has 1 heterocycles. The first-order valence-corrected chi connectivity index (χ1v) is 10.3. The molecule has 0 radical (unpaired) electrons. The Morgan fingerprint density at radius 1 is 1.17 bits per heavy atom. The third-order valence-electron chi connectivity index (χ3n) is 5.44. The van der Waals surface area contributed by atoms with E-state index in [4.69, 9.17) is 0 Å². The molecule has 3 rings (SSSR count). The molecule has 4 heteroatoms. The van der Waals surface area contributed by atoms with Gasteiger partial charge in [-0.2, -0.15) is 0 Å². The van der Waals surface area contributed by atoms with Crippen molar-refractivity contribution in [3.63, 3.8) is 0 Å². The molecular weight excluding hydrogens is 316 g/mol. The molecule has 2 aliphatic rings. The van der Waals surface area contributed by atoms with Crippen molar-refractivity contribution in [2.75, 3.05) is 19.6 Å². The quantitative estimate of drug-likeness (QED) is 0.784. The summed E-state index contributed by atoms with van der Waals surface area (Å²) < 4.78 is 0.200. The average Bonchev–Trinajstić information content (AvgIpc) is 3.09. The first-order valence-electron chi connectivity index (χ1n) is 9.47. The van der Waals surface area contributed by atoms with E-state index >= 15 is 0 Å². The zero-order chi connectivity index (χ0) is 16.7. The third kappa shape index (κ3) is 5.25. The van der Waals surface area contributed by atoms with Gasteiger partial charge in [0, 0.05) is 22.6 Å². The summed E-state index contributed by atoms with van der Waals surface area (Å²) >= 11 is 1.96. The summed E-state index contributed by atoms with van der Waals surface area (Å²) in [4.78, 5) is 13.6. The van der Waals surface area contributed by atoms with Gasteiger partial charge in [-0.25, -0.2) is 0 Å². The van der Waals surface area contributed by atoms with E-state index in [0.29, 0.717) is 6.42 Å². The SMILES string of the molecule is O=C(CCC1CCNCC1)NCC1(Sc2ccccc2)CCCC1. The van der Waals surface area contributed by atoms with Crippen LogP contribution in [0.2, 0.25) is 0 Å². The largest absolute Gasteiger partial charge is 0.355 e. The number of piperidine rings is 1. The van der Waals surface area contributed by atoms with E-state index in [9.17, 15) is 4.79 Å². The van der Waals surface area contributed by atoms with Crippen LogP contribution >= 0.6 is 11.8 Å². The number of carbonyl (C=O) groups is 1. The summed E-state index contributed by atoms with van der Waals surface area (Å²) in [7, 11) is 0. The van der Waals surface area contributed by atoms with Crippen molar-refractivity contribution in [2.45, 2.75) is 61.0 Å². The smallest absolute Gasteiger partial charge is 0.220 e. The highest BCUT2D eigenvalue weighted by Gasteiger charge is 2.35. The molecule has 1 aliphatic carbocycles. The minimum atomic E-state index is 0.200. The van der Waals surface area contributed by atoms with Gasteiger partial charge in [-0.15, -0.1) is 11.8 Å². The van der Waals surface area contributed by atoms with E-state index in [1.54, 1.807) is 0 Å². The van der Waals surface area contributed by atoms with Crippen LogP contribution in [0.4, 0.5) is 0 Å². The molecule has 1 aromatic carbocycles. The Bertz CT molecular complexity index is 508. The number of rotatable bonds is 7. The Kier molecular flexibility index (Phi) is 6.61. The van der Waals surface area contributed by atoms with E-state index in [0.717, 1.165) is 32.0 Å². The summed E-state index contributed by atoms with van der Waals surface area (Å²) in [6, 6.07) is 10.6. The van der Waals surface area contributed by atoms with Crippen molar-refractivity contribution in [2.24, 2.45) is 5.92 Å². The number of amides is 1. The van der Waals surface area contributed by atoms with Crippen LogP contribution in [-0.4, -0.2) is 30.3 Å². The third-order valence-corrected chi connectivity index (χ3v) is 6.93. The van der Waals surface area contributed by atoms with E-state index < -0.39 is 0 Å². The fourth-order valence-electron chi connectivity index (χ4n) is 3.93. The molecule has 1 saturated heterocycles. The first-order chi connectivity index (χ1) is 11.8. The topological polar surface area (TPSA) is 41.1 Å². The molecule has 0 aromatic heterocycles. The summed E-state index contributed by atoms with van der Waals surface area (Å²) in [5.74, 6) is 0.976. The predicted octanol–water partition coefficient (Wildman–Crippen LogP) is 3.99. The average molecular weight is 347 g/mol. The first kappa shape index (κ1) is 17.8. The van der Waals surface area contributed by atoms with E-state index in [-0.39, 0.29) is 10.7 Å². The minimum Gasteiger partial charge on any atom is -0.355 e. The molecule has 1 aromatic rings. The van der Waals surface area contributed by atoms with Gasteiger partial charge in [0.15, 0.2) is 0 Å². The molecule has 1 saturated carbocycles. The van der Waals surface area contributed by atoms with Crippen LogP contribution in [0.5, 0.6) is 0 Å². The molecular formula is C20H30N2OS. The highest BCUT2D eigenvalue weighted by Crippen LogP contribution is 2.44. The van der Waals surface area contributed by atoms with Crippen molar-refractivity contribution in [3.8, 4) is 0 Å². The van der Waals surface area contributed by atoms with Gasteiger partial charge >= 0.3 is 0 Å². The molecule has 3 nitrogen and oxygen atoms in total. The lowest BCUT2D eigenvalue weighted by atomic mass is 9.93. The van der Waals surface area contributed by atoms with Crippen LogP contribution in [0, 0.1) is 5.92 Å². The van der Waals surface area contributed by atoms with Gasteiger partial charge in [0.1, 0.15) is 0 Å². The Morgan fingerprint density at radius 2 is 1.88 bits per heavy atom. The van der Waals surface area contributed by atoms with Gasteiger partial charge in [0.25, 0.3) is 0 Å². The summed E-state index contributed by atoms with van der Waals surface area (Å²) in [5.41, 5.74) is 0. The van der Waals surface area contributed by atoms with Crippen LogP contribution in [0.25, 0.3) is 0 Å². The highest BCUT2D eigenvalue weighted by molar-refractivity contribution is 8.00. The summed E-state index contributed by atoms with van der Waals surface area (Å²) in [5, 5.41) is 6.64. The minimum absolute atomic E-state index is 0.200. The molecule has 132 valence electrons. The standard InChI is InChI=1S/C20H30N2OS/c23-19(9-8-17-10-14-21-15-11-17)22-16-20(12-4-5-13-20)24-18-6-2-1-3-7-18/h1-3,6-7,17,21H,4-5,8-16H2,(H,22,23). The zero-order valence-corrected chi connectivity index (χ0v) is 15.4. The van der Waals surface area contributed by atoms with Gasteiger partial charge in [-0.05, 0) is 63.2 Å². The number of hydrogen-bond donors (Lipinski definition) is 2. The van der Waals surface area contributed by atoms with Crippen LogP contribution in [0.15, 0.2) is 35.2 Å². The Labute approximate surface area is 150 Å². The van der Waals surface area contributed by atoms with Crippen LogP contribution < -0.4 is 10.6 Å². The number of benzene rings is 1. The Hall–Kier alpha value is -1.00. The van der Waals surface area contributed by atoms with E-state index in [1.807, 2.05) is 11.8 Å². The predicted molar refractivity (Wildman–Crippen MR) is 101 cm³/mol. The lowest BCUT2D eigenvalue weighted by molar-refractivity contribution is -0.121. The van der Waals surface area contributed by atoms with Crippen molar-refractivity contribution in [3.05, 3.63) is 30.3 Å². The van der Waals surface area contributed by atoms with Crippen LogP contribution in [0.3, 0.4) is 0 Å². The van der Waals surface area contributed by atoms with Crippen LogP contribution in [-0.2, 0) is 4.79 Å². The van der Waals surface area contributed by atoms with E-state index in [1.165, 1.54) is 43.4 Å². The highest BCUT2D eigenvalue weighted by atomic mass is 32.2. The van der Waals surface area contributed by atoms with E-state index in [2.05, 4.69) is 41.0 Å². The van der Waals surface area contributed by atoms with Crippen LogP contribution in [0.1, 0.15) is 51.4 Å². The Morgan fingerprint density at radius 3 is 2.58 bits per heavy atom. The second kappa shape index (κ2) is 8.91. The maximum atomic E-state index is 12.3. The molecule has 1 aliphatic heterocycles. The molecule has 24 heavy (non-hydrogen) atoms. The maximum Gasteiger partial charge on any atom is 0.220 e. The number of carbonyl (C=O) groups excluding carboxylic acids is 1. The maximum absolute atomic E-state index is 12.3. The molecule has 0 unspecified atom stereocenters. The van der Waals surface area contributed by atoms with Crippen molar-refractivity contribution in [1.29, 1.82) is 0 Å². The number of thioether (sulfide) groups is 1. The summed E-state index contributed by atoms with van der Waals surface area (Å²) in [6.07, 6.45) is 9.17. The fraction of sp³-hybridized carbons (Fsp3) is 0.650. The molecule has 1 amide bonds. The van der Waals surface area contributed by atoms with Crippen molar-refractivity contribution >= 4 is 17.7 Å². The number of nitrogens with one attached hydrogen (secondary N) is 2.